The molecule has 57 heavy (non-hydrogen) atoms. The van der Waals surface area contributed by atoms with E-state index in [0.717, 1.165) is 37.6 Å². The highest BCUT2D eigenvalue weighted by atomic mass is 35.5. The Bertz CT molecular complexity index is 2680. The highest BCUT2D eigenvalue weighted by Gasteiger charge is 2.68. The zero-order valence-electron chi connectivity index (χ0n) is 31.0. The summed E-state index contributed by atoms with van der Waals surface area (Å²) in [6.07, 6.45) is 2.07. The summed E-state index contributed by atoms with van der Waals surface area (Å²) in [6, 6.07) is 15.7. The Hall–Kier alpha value is -5.99. The Morgan fingerprint density at radius 1 is 0.947 bits per heavy atom. The number of imide groups is 2. The fourth-order valence-corrected chi connectivity index (χ4v) is 11.1. The van der Waals surface area contributed by atoms with Gasteiger partial charge in [-0.15, -0.1) is 11.3 Å². The number of halogens is 1. The van der Waals surface area contributed by atoms with Gasteiger partial charge in [0.2, 0.25) is 23.6 Å². The van der Waals surface area contributed by atoms with Crippen LogP contribution in [0.25, 0.3) is 20.7 Å². The largest absolute Gasteiger partial charge is 0.508 e. The molecule has 4 heterocycles. The predicted octanol–water partition coefficient (Wildman–Crippen LogP) is 6.82. The molecule has 5 aromatic rings. The van der Waals surface area contributed by atoms with Crippen LogP contribution in [0.2, 0.25) is 5.02 Å². The average molecular weight is 807 g/mol. The Balaban J connectivity index is 1.15. The molecule has 6 atom stereocenters. The lowest BCUT2D eigenvalue weighted by Gasteiger charge is -2.49. The lowest BCUT2D eigenvalue weighted by atomic mass is 9.51. The van der Waals surface area contributed by atoms with Gasteiger partial charge in [0.05, 0.1) is 40.8 Å². The molecule has 1 saturated carbocycles. The van der Waals surface area contributed by atoms with E-state index < -0.39 is 70.4 Å². The summed E-state index contributed by atoms with van der Waals surface area (Å²) in [7, 11) is 3.13. The number of carboxylic acids is 1. The van der Waals surface area contributed by atoms with Crippen molar-refractivity contribution in [1.29, 1.82) is 0 Å². The minimum atomic E-state index is -1.43. The van der Waals surface area contributed by atoms with Crippen LogP contribution in [0.15, 0.2) is 72.3 Å². The molecule has 3 fully saturated rings. The zero-order chi connectivity index (χ0) is 40.4. The number of anilines is 2. The second kappa shape index (κ2) is 12.8. The molecule has 2 aliphatic carbocycles. The highest BCUT2D eigenvalue weighted by molar-refractivity contribution is 7.22. The molecule has 3 N–H and O–H groups in total. The van der Waals surface area contributed by atoms with E-state index in [1.165, 1.54) is 40.2 Å². The number of hydrogen-bond acceptors (Lipinski definition) is 10. The third-order valence-electron chi connectivity index (χ3n) is 12.5. The molecular weight excluding hydrogens is 772 g/mol. The Kier molecular flexibility index (Phi) is 8.20. The van der Waals surface area contributed by atoms with Crippen molar-refractivity contribution >= 4 is 74.1 Å². The van der Waals surface area contributed by atoms with Gasteiger partial charge in [0.15, 0.2) is 0 Å². The number of ether oxygens (including phenoxy) is 1. The number of fused-ring (bicyclic) bond motifs is 5. The van der Waals surface area contributed by atoms with Gasteiger partial charge in [-0.25, -0.2) is 14.6 Å². The maximum atomic E-state index is 15.1. The minimum absolute atomic E-state index is 0.0238. The minimum Gasteiger partial charge on any atom is -0.508 e. The van der Waals surface area contributed by atoms with Gasteiger partial charge < -0.3 is 20.1 Å². The molecule has 2 saturated heterocycles. The predicted molar refractivity (Wildman–Crippen MR) is 211 cm³/mol. The molecule has 13 nitrogen and oxygen atoms in total. The number of carbonyl (C=O) groups excluding carboxylic acids is 4. The van der Waals surface area contributed by atoms with Crippen LogP contribution in [0.4, 0.5) is 11.5 Å². The van der Waals surface area contributed by atoms with E-state index in [4.69, 9.17) is 21.4 Å². The first kappa shape index (κ1) is 36.6. The molecule has 0 radical (unpaired) electrons. The molecular formula is C42H35ClN4O9S. The van der Waals surface area contributed by atoms with Gasteiger partial charge in [-0.3, -0.25) is 23.9 Å². The Morgan fingerprint density at radius 2 is 1.72 bits per heavy atom. The van der Waals surface area contributed by atoms with Gasteiger partial charge in [0, 0.05) is 46.5 Å². The van der Waals surface area contributed by atoms with Crippen LogP contribution in [-0.4, -0.2) is 61.8 Å². The number of amides is 4. The number of methoxy groups -OCH3 is 1. The van der Waals surface area contributed by atoms with Gasteiger partial charge in [0.25, 0.3) is 0 Å². The van der Waals surface area contributed by atoms with Crippen molar-refractivity contribution in [1.82, 2.24) is 9.78 Å². The van der Waals surface area contributed by atoms with Crippen molar-refractivity contribution in [3.63, 3.8) is 0 Å². The van der Waals surface area contributed by atoms with Gasteiger partial charge in [0.1, 0.15) is 34.3 Å². The van der Waals surface area contributed by atoms with E-state index in [1.54, 1.807) is 32.2 Å². The standard InChI is InChI=1S/C42H35ClN4O9S/c1-18-26-13-19(43)5-12-32(26)57-36(18)29-17-33(45(3)44-29)47-38(51)28-16-27-22(35(42(28,2)41(47)55)23-9-7-21(56-4)15-31(23)49)10-11-25-34(27)39(52)46(37(25)50)20-6-8-24(40(53)54)30(48)14-20/h5-10,12-15,17,25,27-28,34-35,48-49H,11,16H2,1-4H3,(H,53,54)/t25-,27+,28-,34-,35+,42+/m0/s1. The number of thiophene rings is 1. The number of rotatable bonds is 6. The maximum Gasteiger partial charge on any atom is 0.339 e. The SMILES string of the molecule is COc1ccc([C@H]2C3=CC[C@@H]4C(=O)N(c5ccc(C(=O)O)c(O)c5)C(=O)[C@@H]4[C@@H]3C[C@H]3C(=O)N(c4cc(-c5sc6ccc(Cl)cc6c5C)nn4C)C(=O)[C@@]23C)c(O)c1. The number of aromatic hydroxyl groups is 2. The number of phenols is 2. The smallest absolute Gasteiger partial charge is 0.339 e. The van der Waals surface area contributed by atoms with E-state index >= 15 is 4.79 Å². The number of aromatic carboxylic acids is 1. The van der Waals surface area contributed by atoms with Crippen LogP contribution in [-0.2, 0) is 26.2 Å². The van der Waals surface area contributed by atoms with Crippen LogP contribution in [0.1, 0.15) is 47.2 Å². The summed E-state index contributed by atoms with van der Waals surface area (Å²) in [5.74, 6) is -7.83. The topological polar surface area (TPSA) is 180 Å². The van der Waals surface area contributed by atoms with Crippen molar-refractivity contribution in [2.24, 2.45) is 36.1 Å². The molecule has 290 valence electrons. The fraction of sp³-hybridized carbons (Fsp3) is 0.286. The number of carbonyl (C=O) groups is 5. The average Bonchev–Trinajstić information content (AvgIpc) is 3.84. The summed E-state index contributed by atoms with van der Waals surface area (Å²) >= 11 is 7.83. The van der Waals surface area contributed by atoms with Gasteiger partial charge in [-0.2, -0.15) is 5.10 Å². The maximum absolute atomic E-state index is 15.1. The Labute approximate surface area is 334 Å². The Morgan fingerprint density at radius 3 is 2.42 bits per heavy atom. The monoisotopic (exact) mass is 806 g/mol. The third-order valence-corrected chi connectivity index (χ3v) is 14.0. The quantitative estimate of drug-likeness (QED) is 0.122. The molecule has 4 aliphatic rings. The number of benzene rings is 3. The molecule has 0 spiro atoms. The van der Waals surface area contributed by atoms with Crippen LogP contribution in [0.3, 0.4) is 0 Å². The summed E-state index contributed by atoms with van der Waals surface area (Å²) in [6.45, 7) is 3.70. The number of hydrogen-bond donors (Lipinski definition) is 3. The molecule has 0 bridgehead atoms. The van der Waals surface area contributed by atoms with Crippen molar-refractivity contribution < 1.29 is 44.0 Å². The summed E-state index contributed by atoms with van der Waals surface area (Å²) in [4.78, 5) is 73.1. The van der Waals surface area contributed by atoms with Gasteiger partial charge >= 0.3 is 5.97 Å². The third kappa shape index (κ3) is 5.12. The molecule has 4 amide bonds. The number of aryl methyl sites for hydroxylation is 2. The second-order valence-electron chi connectivity index (χ2n) is 15.3. The molecule has 3 aromatic carbocycles. The number of phenolic OH excluding ortho intramolecular Hbond substituents is 1. The van der Waals surface area contributed by atoms with Gasteiger partial charge in [-0.1, -0.05) is 29.3 Å². The van der Waals surface area contributed by atoms with E-state index in [9.17, 15) is 34.5 Å². The normalized spacial score (nSPS) is 25.5. The second-order valence-corrected chi connectivity index (χ2v) is 16.8. The molecule has 0 unspecified atom stereocenters. The highest BCUT2D eigenvalue weighted by Crippen LogP contribution is 2.64. The van der Waals surface area contributed by atoms with Crippen molar-refractivity contribution in [2.75, 3.05) is 16.9 Å². The summed E-state index contributed by atoms with van der Waals surface area (Å²) < 4.78 is 7.88. The first-order valence-electron chi connectivity index (χ1n) is 18.3. The summed E-state index contributed by atoms with van der Waals surface area (Å²) in [5, 5.41) is 37.8. The van der Waals surface area contributed by atoms with Crippen LogP contribution < -0.4 is 14.5 Å². The van der Waals surface area contributed by atoms with E-state index in [0.29, 0.717) is 27.6 Å². The molecule has 9 rings (SSSR count). The lowest BCUT2D eigenvalue weighted by Crippen LogP contribution is -2.49. The number of nitrogens with zero attached hydrogens (tertiary/aromatic N) is 4. The molecule has 2 aliphatic heterocycles. The van der Waals surface area contributed by atoms with Gasteiger partial charge in [-0.05, 0) is 80.0 Å². The number of aromatic nitrogens is 2. The number of allylic oxidation sites excluding steroid dienone is 2. The lowest BCUT2D eigenvalue weighted by molar-refractivity contribution is -0.131. The van der Waals surface area contributed by atoms with E-state index in [1.807, 2.05) is 31.2 Å². The summed E-state index contributed by atoms with van der Waals surface area (Å²) in [5.41, 5.74) is 0.771. The van der Waals surface area contributed by atoms with Crippen molar-refractivity contribution in [3.05, 3.63) is 94.0 Å². The first-order valence-corrected chi connectivity index (χ1v) is 19.5. The number of carboxylic acid groups (broad SMARTS) is 1. The van der Waals surface area contributed by atoms with Crippen molar-refractivity contribution in [2.45, 2.75) is 32.6 Å². The zero-order valence-corrected chi connectivity index (χ0v) is 32.6. The molecule has 2 aromatic heterocycles. The van der Waals surface area contributed by atoms with E-state index in [-0.39, 0.29) is 35.7 Å². The fourth-order valence-electron chi connectivity index (χ4n) is 9.78. The van der Waals surface area contributed by atoms with Crippen molar-refractivity contribution in [3.8, 4) is 27.8 Å². The van der Waals surface area contributed by atoms with E-state index in [2.05, 4.69) is 0 Å². The first-order chi connectivity index (χ1) is 27.1. The molecule has 15 heteroatoms. The van der Waals surface area contributed by atoms with Crippen LogP contribution in [0.5, 0.6) is 17.2 Å². The van der Waals surface area contributed by atoms with Crippen LogP contribution >= 0.6 is 22.9 Å². The van der Waals surface area contributed by atoms with Crippen LogP contribution in [0, 0.1) is 36.0 Å².